The molecule has 0 amide bonds. The molecular formula is C12H13N3O4. The first-order valence-corrected chi connectivity index (χ1v) is 5.58. The molecule has 7 heteroatoms. The monoisotopic (exact) mass is 263 g/mol. The Kier molecular flexibility index (Phi) is 2.97. The molecule has 0 saturated carbocycles. The van der Waals surface area contributed by atoms with Crippen molar-refractivity contribution in [3.63, 3.8) is 0 Å². The number of aryl methyl sites for hydroxylation is 2. The van der Waals surface area contributed by atoms with Gasteiger partial charge in [-0.05, 0) is 19.9 Å². The zero-order valence-corrected chi connectivity index (χ0v) is 11.1. The smallest absolute Gasteiger partial charge is 0.338 e. The molecule has 0 aliphatic heterocycles. The first-order valence-electron chi connectivity index (χ1n) is 5.58. The lowest BCUT2D eigenvalue weighted by atomic mass is 10.0. The molecule has 1 aromatic heterocycles. The van der Waals surface area contributed by atoms with Crippen molar-refractivity contribution in [2.75, 3.05) is 7.11 Å². The Labute approximate surface area is 108 Å². The molecule has 100 valence electrons. The number of benzene rings is 1. The maximum absolute atomic E-state index is 11.7. The van der Waals surface area contributed by atoms with Crippen LogP contribution in [0, 0.1) is 24.0 Å². The van der Waals surface area contributed by atoms with E-state index in [0.717, 1.165) is 0 Å². The first-order chi connectivity index (χ1) is 8.88. The summed E-state index contributed by atoms with van der Waals surface area (Å²) in [5, 5.41) is 15.9. The molecule has 7 nitrogen and oxygen atoms in total. The highest BCUT2D eigenvalue weighted by atomic mass is 16.6. The number of carbonyl (C=O) groups excluding carboxylic acids is 1. The van der Waals surface area contributed by atoms with Gasteiger partial charge in [-0.15, -0.1) is 0 Å². The van der Waals surface area contributed by atoms with Crippen LogP contribution in [-0.2, 0) is 11.8 Å². The number of nitrogens with zero attached hydrogens (tertiary/aromatic N) is 3. The number of esters is 1. The summed E-state index contributed by atoms with van der Waals surface area (Å²) in [5.41, 5.74) is 1.48. The Balaban J connectivity index is 2.97. The molecule has 1 heterocycles. The third-order valence-corrected chi connectivity index (χ3v) is 3.13. The van der Waals surface area contributed by atoms with Gasteiger partial charge >= 0.3 is 5.97 Å². The minimum Gasteiger partial charge on any atom is -0.465 e. The van der Waals surface area contributed by atoms with E-state index in [2.05, 4.69) is 9.84 Å². The molecule has 0 bridgehead atoms. The van der Waals surface area contributed by atoms with Crippen LogP contribution in [-0.4, -0.2) is 27.8 Å². The quantitative estimate of drug-likeness (QED) is 0.469. The predicted octanol–water partition coefficient (Wildman–Crippen LogP) is 1.88. The second-order valence-corrected chi connectivity index (χ2v) is 4.25. The lowest BCUT2D eigenvalue weighted by Crippen LogP contribution is -2.07. The summed E-state index contributed by atoms with van der Waals surface area (Å²) >= 11 is 0. The van der Waals surface area contributed by atoms with Crippen molar-refractivity contribution >= 4 is 22.6 Å². The van der Waals surface area contributed by atoms with E-state index in [4.69, 9.17) is 0 Å². The summed E-state index contributed by atoms with van der Waals surface area (Å²) in [4.78, 5) is 22.5. The minimum absolute atomic E-state index is 0.0940. The van der Waals surface area contributed by atoms with Gasteiger partial charge in [0.2, 0.25) is 0 Å². The Morgan fingerprint density at radius 2 is 2.11 bits per heavy atom. The standard InChI is InChI=1S/C12H13N3O4/c1-6-8(12(16)19-4)5-9-10(11(6)15(17)18)7(2)13-14(9)3/h5H,1-4H3. The predicted molar refractivity (Wildman–Crippen MR) is 68.2 cm³/mol. The third-order valence-electron chi connectivity index (χ3n) is 3.13. The second kappa shape index (κ2) is 4.34. The van der Waals surface area contributed by atoms with Crippen LogP contribution in [0.1, 0.15) is 21.6 Å². The largest absolute Gasteiger partial charge is 0.465 e. The van der Waals surface area contributed by atoms with Crippen molar-refractivity contribution in [2.45, 2.75) is 13.8 Å². The van der Waals surface area contributed by atoms with Crippen LogP contribution in [0.5, 0.6) is 0 Å². The Hall–Kier alpha value is -2.44. The molecule has 1 aromatic carbocycles. The van der Waals surface area contributed by atoms with Crippen LogP contribution in [0.15, 0.2) is 6.07 Å². The van der Waals surface area contributed by atoms with E-state index in [1.807, 2.05) is 0 Å². The van der Waals surface area contributed by atoms with Gasteiger partial charge in [-0.1, -0.05) is 0 Å². The van der Waals surface area contributed by atoms with Gasteiger partial charge in [-0.3, -0.25) is 14.8 Å². The SMILES string of the molecule is COC(=O)c1cc2c(c(C)nn2C)c([N+](=O)[O-])c1C. The number of fused-ring (bicyclic) bond motifs is 1. The summed E-state index contributed by atoms with van der Waals surface area (Å²) < 4.78 is 6.17. The Bertz CT molecular complexity index is 703. The van der Waals surface area contributed by atoms with Crippen LogP contribution in [0.2, 0.25) is 0 Å². The first kappa shape index (κ1) is 13.0. The average molecular weight is 263 g/mol. The Morgan fingerprint density at radius 3 is 2.63 bits per heavy atom. The van der Waals surface area contributed by atoms with E-state index >= 15 is 0 Å². The summed E-state index contributed by atoms with van der Waals surface area (Å²) in [6, 6.07) is 1.57. The molecule has 0 unspecified atom stereocenters. The Morgan fingerprint density at radius 1 is 1.47 bits per heavy atom. The number of nitro benzene ring substituents is 1. The van der Waals surface area contributed by atoms with Gasteiger partial charge in [0.25, 0.3) is 5.69 Å². The molecule has 0 aliphatic carbocycles. The highest BCUT2D eigenvalue weighted by molar-refractivity contribution is 6.01. The zero-order chi connectivity index (χ0) is 14.3. The van der Waals surface area contributed by atoms with Gasteiger partial charge in [0.05, 0.1) is 28.8 Å². The molecule has 0 radical (unpaired) electrons. The van der Waals surface area contributed by atoms with Crippen LogP contribution >= 0.6 is 0 Å². The number of hydrogen-bond acceptors (Lipinski definition) is 5. The van der Waals surface area contributed by atoms with Crippen molar-refractivity contribution in [2.24, 2.45) is 7.05 Å². The minimum atomic E-state index is -0.596. The van der Waals surface area contributed by atoms with Crippen molar-refractivity contribution in [1.82, 2.24) is 9.78 Å². The maximum Gasteiger partial charge on any atom is 0.338 e. The van der Waals surface area contributed by atoms with Crippen LogP contribution in [0.25, 0.3) is 10.9 Å². The van der Waals surface area contributed by atoms with Crippen molar-refractivity contribution in [3.8, 4) is 0 Å². The fourth-order valence-corrected chi connectivity index (χ4v) is 2.24. The third kappa shape index (κ3) is 1.83. The molecule has 0 spiro atoms. The number of rotatable bonds is 2. The number of ether oxygens (including phenoxy) is 1. The number of aromatic nitrogens is 2. The number of hydrogen-bond donors (Lipinski definition) is 0. The van der Waals surface area contributed by atoms with Crippen LogP contribution in [0.3, 0.4) is 0 Å². The summed E-state index contributed by atoms with van der Waals surface area (Å²) in [5.74, 6) is -0.596. The van der Waals surface area contributed by atoms with E-state index < -0.39 is 10.9 Å². The lowest BCUT2D eigenvalue weighted by Gasteiger charge is -2.06. The van der Waals surface area contributed by atoms with Gasteiger partial charge in [-0.25, -0.2) is 4.79 Å². The second-order valence-electron chi connectivity index (χ2n) is 4.25. The molecule has 2 aromatic rings. The van der Waals surface area contributed by atoms with Gasteiger partial charge in [0, 0.05) is 12.6 Å². The lowest BCUT2D eigenvalue weighted by molar-refractivity contribution is -0.383. The topological polar surface area (TPSA) is 87.3 Å². The fraction of sp³-hybridized carbons (Fsp3) is 0.333. The zero-order valence-electron chi connectivity index (χ0n) is 11.1. The molecule has 0 N–H and O–H groups in total. The maximum atomic E-state index is 11.7. The molecular weight excluding hydrogens is 250 g/mol. The number of methoxy groups -OCH3 is 1. The molecule has 0 atom stereocenters. The normalized spacial score (nSPS) is 10.7. The van der Waals surface area contributed by atoms with Gasteiger partial charge in [0.1, 0.15) is 5.39 Å². The summed E-state index contributed by atoms with van der Waals surface area (Å²) in [6.07, 6.45) is 0. The number of carbonyl (C=O) groups is 1. The van der Waals surface area contributed by atoms with Crippen LogP contribution < -0.4 is 0 Å². The van der Waals surface area contributed by atoms with Gasteiger partial charge in [0.15, 0.2) is 0 Å². The molecule has 0 aliphatic rings. The highest BCUT2D eigenvalue weighted by Crippen LogP contribution is 2.34. The van der Waals surface area contributed by atoms with Crippen molar-refractivity contribution in [1.29, 1.82) is 0 Å². The molecule has 19 heavy (non-hydrogen) atoms. The van der Waals surface area contributed by atoms with E-state index in [1.54, 1.807) is 20.0 Å². The van der Waals surface area contributed by atoms with E-state index in [9.17, 15) is 14.9 Å². The van der Waals surface area contributed by atoms with Crippen molar-refractivity contribution in [3.05, 3.63) is 33.0 Å². The molecule has 0 fully saturated rings. The molecule has 0 saturated heterocycles. The average Bonchev–Trinajstić information content (AvgIpc) is 2.62. The summed E-state index contributed by atoms with van der Waals surface area (Å²) in [7, 11) is 2.92. The fourth-order valence-electron chi connectivity index (χ4n) is 2.24. The highest BCUT2D eigenvalue weighted by Gasteiger charge is 2.26. The van der Waals surface area contributed by atoms with Crippen LogP contribution in [0.4, 0.5) is 5.69 Å². The summed E-state index contributed by atoms with van der Waals surface area (Å²) in [6.45, 7) is 3.24. The van der Waals surface area contributed by atoms with Crippen molar-refractivity contribution < 1.29 is 14.5 Å². The van der Waals surface area contributed by atoms with E-state index in [-0.39, 0.29) is 11.3 Å². The van der Waals surface area contributed by atoms with E-state index in [0.29, 0.717) is 22.2 Å². The van der Waals surface area contributed by atoms with Gasteiger partial charge < -0.3 is 4.74 Å². The van der Waals surface area contributed by atoms with Gasteiger partial charge in [-0.2, -0.15) is 5.10 Å². The number of nitro groups is 1. The van der Waals surface area contributed by atoms with E-state index in [1.165, 1.54) is 18.7 Å². The molecule has 2 rings (SSSR count).